The number of carboxylic acids is 1. The lowest BCUT2D eigenvalue weighted by molar-refractivity contribution is -0.137. The maximum atomic E-state index is 12.5. The van der Waals surface area contributed by atoms with Crippen molar-refractivity contribution < 1.29 is 23.1 Å². The van der Waals surface area contributed by atoms with Gasteiger partial charge in [-0.2, -0.15) is 0 Å². The molecule has 0 aliphatic rings. The van der Waals surface area contributed by atoms with E-state index < -0.39 is 28.3 Å². The first-order valence-corrected chi connectivity index (χ1v) is 9.88. The molecule has 1 heterocycles. The molecule has 0 spiro atoms. The SMILES string of the molecule is CS(=O)(=O)c1csc(C(=O)N(CCc2ccccc2)CC(=O)O)c1. The number of benzene rings is 1. The van der Waals surface area contributed by atoms with Crippen LogP contribution >= 0.6 is 11.3 Å². The predicted octanol–water partition coefficient (Wildman–Crippen LogP) is 1.92. The Hall–Kier alpha value is -2.19. The first kappa shape index (κ1) is 18.2. The number of nitrogens with zero attached hydrogens (tertiary/aromatic N) is 1. The van der Waals surface area contributed by atoms with Gasteiger partial charge in [-0.15, -0.1) is 11.3 Å². The average Bonchev–Trinajstić information content (AvgIpc) is 3.01. The van der Waals surface area contributed by atoms with E-state index in [1.54, 1.807) is 0 Å². The lowest BCUT2D eigenvalue weighted by Gasteiger charge is -2.20. The van der Waals surface area contributed by atoms with Crippen LogP contribution in [-0.4, -0.2) is 49.6 Å². The van der Waals surface area contributed by atoms with E-state index in [-0.39, 0.29) is 16.3 Å². The van der Waals surface area contributed by atoms with Crippen molar-refractivity contribution in [3.63, 3.8) is 0 Å². The standard InChI is InChI=1S/C16H17NO5S2/c1-24(21,22)13-9-14(23-11-13)16(20)17(10-15(18)19)8-7-12-5-3-2-4-6-12/h2-6,9,11H,7-8,10H2,1H3,(H,18,19). The van der Waals surface area contributed by atoms with Crippen molar-refractivity contribution in [2.45, 2.75) is 11.3 Å². The number of carbonyl (C=O) groups excluding carboxylic acids is 1. The maximum absolute atomic E-state index is 12.5. The number of hydrogen-bond acceptors (Lipinski definition) is 5. The third kappa shape index (κ3) is 4.90. The zero-order chi connectivity index (χ0) is 17.7. The lowest BCUT2D eigenvalue weighted by atomic mass is 10.1. The van der Waals surface area contributed by atoms with E-state index in [1.165, 1.54) is 16.3 Å². The third-order valence-electron chi connectivity index (χ3n) is 3.34. The van der Waals surface area contributed by atoms with E-state index in [0.29, 0.717) is 6.42 Å². The van der Waals surface area contributed by atoms with Crippen molar-refractivity contribution in [2.24, 2.45) is 0 Å². The second-order valence-electron chi connectivity index (χ2n) is 5.27. The van der Waals surface area contributed by atoms with Gasteiger partial charge in [0.2, 0.25) is 0 Å². The molecule has 6 nitrogen and oxygen atoms in total. The molecule has 0 radical (unpaired) electrons. The summed E-state index contributed by atoms with van der Waals surface area (Å²) in [6.07, 6.45) is 1.58. The van der Waals surface area contributed by atoms with Crippen LogP contribution in [-0.2, 0) is 21.1 Å². The molecule has 0 aliphatic heterocycles. The Morgan fingerprint density at radius 1 is 1.21 bits per heavy atom. The first-order chi connectivity index (χ1) is 11.3. The summed E-state index contributed by atoms with van der Waals surface area (Å²) in [5, 5.41) is 10.4. The predicted molar refractivity (Wildman–Crippen MR) is 91.1 cm³/mol. The minimum absolute atomic E-state index is 0.0641. The summed E-state index contributed by atoms with van der Waals surface area (Å²) >= 11 is 0.998. The molecule has 0 bridgehead atoms. The number of carboxylic acid groups (broad SMARTS) is 1. The van der Waals surface area contributed by atoms with Crippen LogP contribution in [0.4, 0.5) is 0 Å². The van der Waals surface area contributed by atoms with Gasteiger partial charge in [0, 0.05) is 18.2 Å². The molecule has 1 N–H and O–H groups in total. The Balaban J connectivity index is 2.15. The average molecular weight is 367 g/mol. The van der Waals surface area contributed by atoms with Gasteiger partial charge in [0.25, 0.3) is 5.91 Å². The van der Waals surface area contributed by atoms with Crippen molar-refractivity contribution in [3.8, 4) is 0 Å². The highest BCUT2D eigenvalue weighted by atomic mass is 32.2. The maximum Gasteiger partial charge on any atom is 0.323 e. The first-order valence-electron chi connectivity index (χ1n) is 7.11. The van der Waals surface area contributed by atoms with Gasteiger partial charge in [-0.05, 0) is 18.1 Å². The highest BCUT2D eigenvalue weighted by molar-refractivity contribution is 7.90. The van der Waals surface area contributed by atoms with Crippen molar-refractivity contribution in [3.05, 3.63) is 52.2 Å². The second kappa shape index (κ2) is 7.59. The van der Waals surface area contributed by atoms with Crippen LogP contribution in [0.5, 0.6) is 0 Å². The smallest absolute Gasteiger partial charge is 0.323 e. The Labute approximate surface area is 144 Å². The molecule has 0 saturated carbocycles. The van der Waals surface area contributed by atoms with Gasteiger partial charge < -0.3 is 10.0 Å². The molecule has 1 aromatic heterocycles. The van der Waals surface area contributed by atoms with Gasteiger partial charge in [-0.25, -0.2) is 8.42 Å². The van der Waals surface area contributed by atoms with Gasteiger partial charge >= 0.3 is 5.97 Å². The molecule has 2 rings (SSSR count). The third-order valence-corrected chi connectivity index (χ3v) is 5.50. The van der Waals surface area contributed by atoms with E-state index in [2.05, 4.69) is 0 Å². The molecule has 0 fully saturated rings. The van der Waals surface area contributed by atoms with Crippen LogP contribution in [0.3, 0.4) is 0 Å². The summed E-state index contributed by atoms with van der Waals surface area (Å²) in [7, 11) is -3.40. The number of carbonyl (C=O) groups is 2. The lowest BCUT2D eigenvalue weighted by Crippen LogP contribution is -2.36. The van der Waals surface area contributed by atoms with Gasteiger partial charge in [-0.3, -0.25) is 9.59 Å². The van der Waals surface area contributed by atoms with E-state index in [9.17, 15) is 18.0 Å². The number of sulfone groups is 1. The van der Waals surface area contributed by atoms with Gasteiger partial charge in [0.1, 0.15) is 6.54 Å². The fourth-order valence-corrected chi connectivity index (χ4v) is 4.09. The van der Waals surface area contributed by atoms with E-state index in [0.717, 1.165) is 23.2 Å². The van der Waals surface area contributed by atoms with Gasteiger partial charge in [0.15, 0.2) is 9.84 Å². The minimum Gasteiger partial charge on any atom is -0.480 e. The highest BCUT2D eigenvalue weighted by Gasteiger charge is 2.21. The van der Waals surface area contributed by atoms with Crippen LogP contribution in [0.15, 0.2) is 46.7 Å². The molecule has 24 heavy (non-hydrogen) atoms. The summed E-state index contributed by atoms with van der Waals surface area (Å²) in [5.41, 5.74) is 0.990. The molecule has 0 atom stereocenters. The van der Waals surface area contributed by atoms with Crippen molar-refractivity contribution in [1.29, 1.82) is 0 Å². The Bertz CT molecular complexity index is 827. The van der Waals surface area contributed by atoms with Gasteiger partial charge in [0.05, 0.1) is 9.77 Å². The highest BCUT2D eigenvalue weighted by Crippen LogP contribution is 2.21. The Kier molecular flexibility index (Phi) is 5.74. The fourth-order valence-electron chi connectivity index (χ4n) is 2.11. The molecular formula is C16H17NO5S2. The summed E-state index contributed by atoms with van der Waals surface area (Å²) in [4.78, 5) is 25.0. The van der Waals surface area contributed by atoms with Crippen LogP contribution in [0.1, 0.15) is 15.2 Å². The largest absolute Gasteiger partial charge is 0.480 e. The minimum atomic E-state index is -3.40. The Morgan fingerprint density at radius 3 is 2.42 bits per heavy atom. The van der Waals surface area contributed by atoms with Crippen molar-refractivity contribution >= 4 is 33.1 Å². The van der Waals surface area contributed by atoms with E-state index in [1.807, 2.05) is 30.3 Å². The molecule has 0 saturated heterocycles. The summed E-state index contributed by atoms with van der Waals surface area (Å²) in [6.45, 7) is -0.195. The summed E-state index contributed by atoms with van der Waals surface area (Å²) in [6, 6.07) is 10.7. The molecule has 128 valence electrons. The fraction of sp³-hybridized carbons (Fsp3) is 0.250. The molecule has 1 aromatic carbocycles. The summed E-state index contributed by atoms with van der Waals surface area (Å²) < 4.78 is 23.0. The number of amides is 1. The number of hydrogen-bond donors (Lipinski definition) is 1. The van der Waals surface area contributed by atoms with Crippen LogP contribution < -0.4 is 0 Å². The normalized spacial score (nSPS) is 11.2. The summed E-state index contributed by atoms with van der Waals surface area (Å²) in [5.74, 6) is -1.59. The molecule has 0 unspecified atom stereocenters. The quantitative estimate of drug-likeness (QED) is 0.807. The van der Waals surface area contributed by atoms with Crippen LogP contribution in [0.2, 0.25) is 0 Å². The number of rotatable bonds is 7. The van der Waals surface area contributed by atoms with Crippen molar-refractivity contribution in [1.82, 2.24) is 4.90 Å². The van der Waals surface area contributed by atoms with Crippen LogP contribution in [0, 0.1) is 0 Å². The van der Waals surface area contributed by atoms with Crippen LogP contribution in [0.25, 0.3) is 0 Å². The second-order valence-corrected chi connectivity index (χ2v) is 8.20. The molecule has 8 heteroatoms. The molecule has 0 aliphatic carbocycles. The molecule has 1 amide bonds. The molecule has 2 aromatic rings. The van der Waals surface area contributed by atoms with Crippen molar-refractivity contribution in [2.75, 3.05) is 19.3 Å². The zero-order valence-electron chi connectivity index (χ0n) is 13.0. The number of thiophene rings is 1. The van der Waals surface area contributed by atoms with Gasteiger partial charge in [-0.1, -0.05) is 30.3 Å². The monoisotopic (exact) mass is 367 g/mol. The topological polar surface area (TPSA) is 91.8 Å². The molecular weight excluding hydrogens is 350 g/mol. The zero-order valence-corrected chi connectivity index (χ0v) is 14.6. The Morgan fingerprint density at radius 2 is 1.88 bits per heavy atom. The number of aliphatic carboxylic acids is 1. The van der Waals surface area contributed by atoms with E-state index in [4.69, 9.17) is 5.11 Å². The van der Waals surface area contributed by atoms with E-state index >= 15 is 0 Å².